The van der Waals surface area contributed by atoms with E-state index in [1.54, 1.807) is 6.92 Å². The molecule has 0 saturated heterocycles. The number of hydrogen-bond acceptors (Lipinski definition) is 3. The normalized spacial score (nSPS) is 15.8. The summed E-state index contributed by atoms with van der Waals surface area (Å²) in [6, 6.07) is 0. The van der Waals surface area contributed by atoms with E-state index in [0.29, 0.717) is 25.9 Å². The summed E-state index contributed by atoms with van der Waals surface area (Å²) in [6.45, 7) is 7.82. The molecule has 0 aliphatic heterocycles. The third kappa shape index (κ3) is 3.72. The summed E-state index contributed by atoms with van der Waals surface area (Å²) in [5.74, 6) is -1.89. The van der Waals surface area contributed by atoms with Crippen LogP contribution in [0.25, 0.3) is 0 Å². The third-order valence-corrected chi connectivity index (χ3v) is 3.55. The van der Waals surface area contributed by atoms with Crippen LogP contribution < -0.4 is 0 Å². The van der Waals surface area contributed by atoms with Gasteiger partial charge in [0.2, 0.25) is 0 Å². The standard InChI is InChI=1S/C14H26O4/c1-5-9-11(12(15)16)14(7-3,10-6-2)13(17)18-8-4/h11H,5-10H2,1-4H3,(H,15,16). The highest BCUT2D eigenvalue weighted by molar-refractivity contribution is 5.84. The lowest BCUT2D eigenvalue weighted by molar-refractivity contribution is -0.168. The second kappa shape index (κ2) is 8.11. The Kier molecular flexibility index (Phi) is 7.64. The molecule has 0 fully saturated rings. The van der Waals surface area contributed by atoms with Crippen molar-refractivity contribution in [3.05, 3.63) is 0 Å². The topological polar surface area (TPSA) is 63.6 Å². The largest absolute Gasteiger partial charge is 0.481 e. The molecule has 2 unspecified atom stereocenters. The van der Waals surface area contributed by atoms with E-state index >= 15 is 0 Å². The Hall–Kier alpha value is -1.06. The van der Waals surface area contributed by atoms with Crippen LogP contribution in [-0.2, 0) is 14.3 Å². The molecule has 0 aromatic rings. The summed E-state index contributed by atoms with van der Waals surface area (Å²) in [4.78, 5) is 23.7. The van der Waals surface area contributed by atoms with Gasteiger partial charge in [-0.1, -0.05) is 33.6 Å². The Bertz CT molecular complexity index is 275. The van der Waals surface area contributed by atoms with Gasteiger partial charge in [-0.05, 0) is 26.2 Å². The molecule has 4 heteroatoms. The molecule has 0 radical (unpaired) electrons. The van der Waals surface area contributed by atoms with Gasteiger partial charge in [-0.25, -0.2) is 0 Å². The maximum atomic E-state index is 12.2. The van der Waals surface area contributed by atoms with Crippen molar-refractivity contribution in [3.8, 4) is 0 Å². The first-order valence-corrected chi connectivity index (χ1v) is 6.90. The van der Waals surface area contributed by atoms with Crippen LogP contribution in [-0.4, -0.2) is 23.7 Å². The maximum absolute atomic E-state index is 12.2. The van der Waals surface area contributed by atoms with Crippen molar-refractivity contribution in [3.63, 3.8) is 0 Å². The van der Waals surface area contributed by atoms with Gasteiger partial charge in [-0.15, -0.1) is 0 Å². The molecule has 0 aliphatic rings. The number of aliphatic carboxylic acids is 1. The molecule has 0 aliphatic carbocycles. The minimum Gasteiger partial charge on any atom is -0.481 e. The van der Waals surface area contributed by atoms with Gasteiger partial charge in [0.15, 0.2) is 0 Å². The zero-order valence-corrected chi connectivity index (χ0v) is 12.0. The Morgan fingerprint density at radius 2 is 1.78 bits per heavy atom. The summed E-state index contributed by atoms with van der Waals surface area (Å²) in [7, 11) is 0. The number of ether oxygens (including phenoxy) is 1. The van der Waals surface area contributed by atoms with E-state index in [9.17, 15) is 14.7 Å². The van der Waals surface area contributed by atoms with Gasteiger partial charge in [0, 0.05) is 0 Å². The van der Waals surface area contributed by atoms with Crippen LogP contribution in [0, 0.1) is 11.3 Å². The first-order chi connectivity index (χ1) is 8.49. The second-order valence-corrected chi connectivity index (χ2v) is 4.66. The molecule has 0 spiro atoms. The highest BCUT2D eigenvalue weighted by Crippen LogP contribution is 2.40. The third-order valence-electron chi connectivity index (χ3n) is 3.55. The Balaban J connectivity index is 5.37. The van der Waals surface area contributed by atoms with E-state index in [4.69, 9.17) is 4.74 Å². The van der Waals surface area contributed by atoms with Gasteiger partial charge < -0.3 is 9.84 Å². The molecule has 0 heterocycles. The predicted octanol–water partition coefficient (Wildman–Crippen LogP) is 3.25. The van der Waals surface area contributed by atoms with Gasteiger partial charge in [0.05, 0.1) is 17.9 Å². The fraction of sp³-hybridized carbons (Fsp3) is 0.857. The summed E-state index contributed by atoms with van der Waals surface area (Å²) >= 11 is 0. The highest BCUT2D eigenvalue weighted by Gasteiger charge is 2.47. The minimum atomic E-state index is -0.889. The van der Waals surface area contributed by atoms with Crippen molar-refractivity contribution in [1.82, 2.24) is 0 Å². The summed E-state index contributed by atoms with van der Waals surface area (Å²) < 4.78 is 5.13. The molecule has 106 valence electrons. The monoisotopic (exact) mass is 258 g/mol. The number of esters is 1. The van der Waals surface area contributed by atoms with Gasteiger partial charge in [-0.3, -0.25) is 9.59 Å². The van der Waals surface area contributed by atoms with Gasteiger partial charge in [0.25, 0.3) is 0 Å². The molecule has 0 rings (SSSR count). The number of carbonyl (C=O) groups excluding carboxylic acids is 1. The van der Waals surface area contributed by atoms with Crippen molar-refractivity contribution in [1.29, 1.82) is 0 Å². The first kappa shape index (κ1) is 16.9. The number of hydrogen-bond donors (Lipinski definition) is 1. The number of carboxylic acids is 1. The highest BCUT2D eigenvalue weighted by atomic mass is 16.5. The quantitative estimate of drug-likeness (QED) is 0.645. The van der Waals surface area contributed by atoms with E-state index in [2.05, 4.69) is 0 Å². The van der Waals surface area contributed by atoms with Crippen LogP contribution in [0.5, 0.6) is 0 Å². The molecular formula is C14H26O4. The van der Waals surface area contributed by atoms with Crippen molar-refractivity contribution < 1.29 is 19.4 Å². The lowest BCUT2D eigenvalue weighted by Gasteiger charge is -2.35. The van der Waals surface area contributed by atoms with E-state index < -0.39 is 17.3 Å². The number of rotatable bonds is 9. The van der Waals surface area contributed by atoms with Gasteiger partial charge >= 0.3 is 11.9 Å². The molecule has 0 amide bonds. The summed E-state index contributed by atoms with van der Waals surface area (Å²) in [6.07, 6.45) is 3.12. The average Bonchev–Trinajstić information content (AvgIpc) is 2.33. The maximum Gasteiger partial charge on any atom is 0.312 e. The van der Waals surface area contributed by atoms with E-state index in [-0.39, 0.29) is 5.97 Å². The minimum absolute atomic E-state index is 0.294. The molecule has 0 aromatic carbocycles. The fourth-order valence-electron chi connectivity index (χ4n) is 2.63. The molecule has 2 atom stereocenters. The van der Waals surface area contributed by atoms with Crippen LogP contribution in [0.1, 0.15) is 59.8 Å². The molecule has 4 nitrogen and oxygen atoms in total. The van der Waals surface area contributed by atoms with Crippen LogP contribution in [0.2, 0.25) is 0 Å². The molecule has 1 N–H and O–H groups in total. The SMILES string of the molecule is CCCC(C(=O)O)C(CC)(CCC)C(=O)OCC. The van der Waals surface area contributed by atoms with Crippen molar-refractivity contribution in [2.24, 2.45) is 11.3 Å². The zero-order chi connectivity index (χ0) is 14.2. The van der Waals surface area contributed by atoms with E-state index in [1.165, 1.54) is 0 Å². The van der Waals surface area contributed by atoms with Crippen LogP contribution in [0.3, 0.4) is 0 Å². The van der Waals surface area contributed by atoms with Crippen molar-refractivity contribution in [2.45, 2.75) is 59.8 Å². The summed E-state index contributed by atoms with van der Waals surface area (Å²) in [5.41, 5.74) is -0.868. The van der Waals surface area contributed by atoms with E-state index in [1.807, 2.05) is 20.8 Å². The predicted molar refractivity (Wildman–Crippen MR) is 70.3 cm³/mol. The lowest BCUT2D eigenvalue weighted by atomic mass is 9.68. The molecule has 0 aromatic heterocycles. The van der Waals surface area contributed by atoms with Crippen molar-refractivity contribution in [2.75, 3.05) is 6.61 Å². The lowest BCUT2D eigenvalue weighted by Crippen LogP contribution is -2.43. The average molecular weight is 258 g/mol. The van der Waals surface area contributed by atoms with E-state index in [0.717, 1.165) is 12.8 Å². The Morgan fingerprint density at radius 1 is 1.17 bits per heavy atom. The first-order valence-electron chi connectivity index (χ1n) is 6.90. The Labute approximate surface area is 110 Å². The fourth-order valence-corrected chi connectivity index (χ4v) is 2.63. The van der Waals surface area contributed by atoms with Crippen molar-refractivity contribution >= 4 is 11.9 Å². The van der Waals surface area contributed by atoms with Crippen LogP contribution in [0.15, 0.2) is 0 Å². The molecule has 18 heavy (non-hydrogen) atoms. The molecular weight excluding hydrogens is 232 g/mol. The zero-order valence-electron chi connectivity index (χ0n) is 12.0. The van der Waals surface area contributed by atoms with Gasteiger partial charge in [0.1, 0.15) is 0 Å². The Morgan fingerprint density at radius 3 is 2.11 bits per heavy atom. The smallest absolute Gasteiger partial charge is 0.312 e. The second-order valence-electron chi connectivity index (χ2n) is 4.66. The van der Waals surface area contributed by atoms with Crippen LogP contribution >= 0.6 is 0 Å². The van der Waals surface area contributed by atoms with Gasteiger partial charge in [-0.2, -0.15) is 0 Å². The number of carboxylic acid groups (broad SMARTS) is 1. The summed E-state index contributed by atoms with van der Waals surface area (Å²) in [5, 5.41) is 9.41. The molecule has 0 bridgehead atoms. The van der Waals surface area contributed by atoms with Crippen LogP contribution in [0.4, 0.5) is 0 Å². The number of carbonyl (C=O) groups is 2. The molecule has 0 saturated carbocycles.